The summed E-state index contributed by atoms with van der Waals surface area (Å²) < 4.78 is 23.0. The van der Waals surface area contributed by atoms with E-state index in [-0.39, 0.29) is 30.2 Å². The number of carbonyl (C=O) groups is 1. The van der Waals surface area contributed by atoms with Crippen molar-refractivity contribution in [2.24, 2.45) is 11.3 Å². The minimum atomic E-state index is -0.774. The molecule has 0 bridgehead atoms. The Morgan fingerprint density at radius 3 is 2.75 bits per heavy atom. The number of benzene rings is 2. The van der Waals surface area contributed by atoms with Crippen molar-refractivity contribution in [3.05, 3.63) is 83.2 Å². The number of ether oxygens (including phenoxy) is 1. The third-order valence-electron chi connectivity index (χ3n) is 7.55. The first-order chi connectivity index (χ1) is 17.2. The van der Waals surface area contributed by atoms with Gasteiger partial charge in [-0.15, -0.1) is 0 Å². The normalized spacial score (nSPS) is 17.6. The van der Waals surface area contributed by atoms with Crippen molar-refractivity contribution in [1.29, 1.82) is 0 Å². The molecule has 1 aromatic heterocycles. The van der Waals surface area contributed by atoms with Crippen molar-refractivity contribution in [3.8, 4) is 11.4 Å². The van der Waals surface area contributed by atoms with Gasteiger partial charge in [-0.2, -0.15) is 0 Å². The lowest BCUT2D eigenvalue weighted by Crippen LogP contribution is -2.14. The van der Waals surface area contributed by atoms with Crippen LogP contribution in [0.15, 0.2) is 54.9 Å². The van der Waals surface area contributed by atoms with E-state index in [1.54, 1.807) is 12.4 Å². The lowest BCUT2D eigenvalue weighted by molar-refractivity contribution is -0.137. The average molecular weight is 489 g/mol. The minimum Gasteiger partial charge on any atom is -0.487 e. The Morgan fingerprint density at radius 2 is 2.06 bits per heavy atom. The summed E-state index contributed by atoms with van der Waals surface area (Å²) in [4.78, 5) is 16.1. The molecule has 1 heterocycles. The Kier molecular flexibility index (Phi) is 6.45. The molecule has 5 nitrogen and oxygen atoms in total. The van der Waals surface area contributed by atoms with Crippen LogP contribution in [0.5, 0.6) is 5.75 Å². The SMILES string of the molecule is Cc1ccc(F)c(-n2cnc(COc3cccc([C@@H](CC(=O)O)C4CC4)c3)c2C2=CCCC2(C)C)c1. The molecule has 0 radical (unpaired) electrons. The molecule has 2 aliphatic rings. The number of hydrogen-bond acceptors (Lipinski definition) is 3. The number of carboxylic acids is 1. The number of imidazole rings is 1. The third kappa shape index (κ3) is 4.95. The van der Waals surface area contributed by atoms with Crippen LogP contribution >= 0.6 is 0 Å². The van der Waals surface area contributed by atoms with Crippen LogP contribution in [0.1, 0.15) is 74.4 Å². The molecule has 2 aliphatic carbocycles. The van der Waals surface area contributed by atoms with Crippen LogP contribution < -0.4 is 4.74 Å². The highest BCUT2D eigenvalue weighted by Crippen LogP contribution is 2.46. The number of aryl methyl sites for hydroxylation is 1. The van der Waals surface area contributed by atoms with E-state index in [2.05, 4.69) is 24.9 Å². The fourth-order valence-corrected chi connectivity index (χ4v) is 5.40. The van der Waals surface area contributed by atoms with Crippen molar-refractivity contribution in [2.75, 3.05) is 0 Å². The maximum absolute atomic E-state index is 14.9. The first-order valence-corrected chi connectivity index (χ1v) is 12.7. The van der Waals surface area contributed by atoms with Crippen molar-refractivity contribution >= 4 is 11.5 Å². The molecule has 1 saturated carbocycles. The van der Waals surface area contributed by atoms with E-state index in [1.807, 2.05) is 41.8 Å². The molecule has 2 aromatic carbocycles. The lowest BCUT2D eigenvalue weighted by Gasteiger charge is -2.25. The van der Waals surface area contributed by atoms with Gasteiger partial charge in [-0.25, -0.2) is 9.37 Å². The van der Waals surface area contributed by atoms with E-state index in [0.717, 1.165) is 53.8 Å². The Balaban J connectivity index is 1.46. The highest BCUT2D eigenvalue weighted by molar-refractivity contribution is 5.72. The number of rotatable bonds is 9. The molecule has 1 atom stereocenters. The van der Waals surface area contributed by atoms with E-state index < -0.39 is 5.97 Å². The van der Waals surface area contributed by atoms with Crippen LogP contribution in [0.25, 0.3) is 11.3 Å². The standard InChI is InChI=1S/C30H33FN2O3/c1-19-9-12-25(31)27(14-19)33-18-32-26(29(33)24-8-5-13-30(24,2)3)17-36-22-7-4-6-21(15-22)23(16-28(34)35)20-10-11-20/h4,6-9,12,14-15,18,20,23H,5,10-11,13,16-17H2,1-3H3,(H,34,35)/t23-/m0/s1. The number of aliphatic carboxylic acids is 1. The summed E-state index contributed by atoms with van der Waals surface area (Å²) in [6.45, 7) is 6.61. The number of nitrogens with zero attached hydrogens (tertiary/aromatic N) is 2. The fourth-order valence-electron chi connectivity index (χ4n) is 5.40. The van der Waals surface area contributed by atoms with E-state index in [4.69, 9.17) is 4.74 Å². The van der Waals surface area contributed by atoms with Gasteiger partial charge in [0.15, 0.2) is 0 Å². The van der Waals surface area contributed by atoms with Gasteiger partial charge in [0.2, 0.25) is 0 Å². The van der Waals surface area contributed by atoms with E-state index in [0.29, 0.717) is 17.4 Å². The van der Waals surface area contributed by atoms with Crippen LogP contribution in [-0.4, -0.2) is 20.6 Å². The zero-order valence-corrected chi connectivity index (χ0v) is 21.1. The van der Waals surface area contributed by atoms with Gasteiger partial charge < -0.3 is 9.84 Å². The Morgan fingerprint density at radius 1 is 1.25 bits per heavy atom. The molecule has 0 spiro atoms. The molecular weight excluding hydrogens is 455 g/mol. The molecule has 3 aromatic rings. The highest BCUT2D eigenvalue weighted by atomic mass is 19.1. The summed E-state index contributed by atoms with van der Waals surface area (Å²) >= 11 is 0. The second-order valence-corrected chi connectivity index (χ2v) is 10.8. The Labute approximate surface area is 211 Å². The maximum atomic E-state index is 14.9. The van der Waals surface area contributed by atoms with Gasteiger partial charge in [0, 0.05) is 0 Å². The summed E-state index contributed by atoms with van der Waals surface area (Å²) in [7, 11) is 0. The number of carboxylic acid groups (broad SMARTS) is 1. The molecule has 188 valence electrons. The van der Waals surface area contributed by atoms with Gasteiger partial charge >= 0.3 is 5.97 Å². The summed E-state index contributed by atoms with van der Waals surface area (Å²) in [5.74, 6) is 0.0593. The van der Waals surface area contributed by atoms with Gasteiger partial charge in [-0.3, -0.25) is 9.36 Å². The molecule has 0 amide bonds. The van der Waals surface area contributed by atoms with Crippen LogP contribution in [0.2, 0.25) is 0 Å². The van der Waals surface area contributed by atoms with Gasteiger partial charge in [0.05, 0.1) is 17.8 Å². The van der Waals surface area contributed by atoms with Crippen LogP contribution in [0, 0.1) is 24.1 Å². The molecule has 5 rings (SSSR count). The third-order valence-corrected chi connectivity index (χ3v) is 7.55. The summed E-state index contributed by atoms with van der Waals surface area (Å²) in [5, 5.41) is 9.38. The highest BCUT2D eigenvalue weighted by Gasteiger charge is 2.34. The minimum absolute atomic E-state index is 0.00885. The molecule has 36 heavy (non-hydrogen) atoms. The van der Waals surface area contributed by atoms with Crippen molar-refractivity contribution in [3.63, 3.8) is 0 Å². The van der Waals surface area contributed by atoms with E-state index in [1.165, 1.54) is 6.07 Å². The molecule has 0 saturated heterocycles. The van der Waals surface area contributed by atoms with Crippen molar-refractivity contribution < 1.29 is 19.0 Å². The fraction of sp³-hybridized carbons (Fsp3) is 0.400. The van der Waals surface area contributed by atoms with Gasteiger partial charge in [-0.05, 0) is 90.8 Å². The Bertz CT molecular complexity index is 1320. The molecule has 6 heteroatoms. The van der Waals surface area contributed by atoms with Crippen LogP contribution in [0.4, 0.5) is 4.39 Å². The summed E-state index contributed by atoms with van der Waals surface area (Å²) in [6, 6.07) is 12.9. The average Bonchev–Trinajstić information content (AvgIpc) is 3.50. The quantitative estimate of drug-likeness (QED) is 0.350. The summed E-state index contributed by atoms with van der Waals surface area (Å²) in [5.41, 5.74) is 5.21. The molecule has 1 N–H and O–H groups in total. The predicted octanol–water partition coefficient (Wildman–Crippen LogP) is 7.07. The first kappa shape index (κ1) is 24.3. The van der Waals surface area contributed by atoms with Crippen LogP contribution in [-0.2, 0) is 11.4 Å². The monoisotopic (exact) mass is 488 g/mol. The second-order valence-electron chi connectivity index (χ2n) is 10.8. The number of aromatic nitrogens is 2. The molecule has 0 aliphatic heterocycles. The Hall–Kier alpha value is -3.41. The largest absolute Gasteiger partial charge is 0.487 e. The number of hydrogen-bond donors (Lipinski definition) is 1. The van der Waals surface area contributed by atoms with E-state index >= 15 is 0 Å². The van der Waals surface area contributed by atoms with Gasteiger partial charge in [0.1, 0.15) is 30.2 Å². The zero-order chi connectivity index (χ0) is 25.4. The second kappa shape index (κ2) is 9.57. The topological polar surface area (TPSA) is 64.4 Å². The zero-order valence-electron chi connectivity index (χ0n) is 21.1. The number of halogens is 1. The van der Waals surface area contributed by atoms with Gasteiger partial charge in [0.25, 0.3) is 0 Å². The summed E-state index contributed by atoms with van der Waals surface area (Å²) in [6.07, 6.45) is 8.20. The van der Waals surface area contributed by atoms with Crippen molar-refractivity contribution in [2.45, 2.75) is 65.4 Å². The van der Waals surface area contributed by atoms with Crippen molar-refractivity contribution in [1.82, 2.24) is 9.55 Å². The first-order valence-electron chi connectivity index (χ1n) is 12.7. The van der Waals surface area contributed by atoms with E-state index in [9.17, 15) is 14.3 Å². The molecule has 0 unspecified atom stereocenters. The smallest absolute Gasteiger partial charge is 0.303 e. The lowest BCUT2D eigenvalue weighted by atomic mass is 9.83. The predicted molar refractivity (Wildman–Crippen MR) is 138 cm³/mol. The maximum Gasteiger partial charge on any atom is 0.303 e. The van der Waals surface area contributed by atoms with Crippen LogP contribution in [0.3, 0.4) is 0 Å². The van der Waals surface area contributed by atoms with Gasteiger partial charge in [-0.1, -0.05) is 38.1 Å². The molecule has 1 fully saturated rings. The number of allylic oxidation sites excluding steroid dienone is 2. The molecular formula is C30H33FN2O3.